The largest absolute Gasteiger partial charge is 0.384 e. The van der Waals surface area contributed by atoms with E-state index in [1.807, 2.05) is 13.0 Å². The van der Waals surface area contributed by atoms with E-state index in [0.29, 0.717) is 11.9 Å². The highest BCUT2D eigenvalue weighted by Gasteiger charge is 2.29. The number of nitrogen functional groups attached to an aromatic ring is 1. The molecule has 0 radical (unpaired) electrons. The molecule has 0 bridgehead atoms. The predicted molar refractivity (Wildman–Crippen MR) is 61.8 cm³/mol. The van der Waals surface area contributed by atoms with Crippen molar-refractivity contribution in [3.63, 3.8) is 0 Å². The van der Waals surface area contributed by atoms with Crippen LogP contribution in [0.15, 0.2) is 6.07 Å². The molecule has 82 valence electrons. The Balaban J connectivity index is 2.24. The third kappa shape index (κ3) is 2.37. The van der Waals surface area contributed by atoms with Crippen LogP contribution < -0.4 is 10.6 Å². The summed E-state index contributed by atoms with van der Waals surface area (Å²) in [7, 11) is 0. The van der Waals surface area contributed by atoms with Crippen LogP contribution >= 0.6 is 0 Å². The Morgan fingerprint density at radius 2 is 2.20 bits per heavy atom. The van der Waals surface area contributed by atoms with Crippen molar-refractivity contribution in [1.82, 2.24) is 9.97 Å². The van der Waals surface area contributed by atoms with Gasteiger partial charge >= 0.3 is 0 Å². The quantitative estimate of drug-likeness (QED) is 0.815. The Labute approximate surface area is 90.5 Å². The molecule has 4 heteroatoms. The van der Waals surface area contributed by atoms with Crippen molar-refractivity contribution < 1.29 is 0 Å². The van der Waals surface area contributed by atoms with Crippen LogP contribution in [-0.4, -0.2) is 22.6 Å². The summed E-state index contributed by atoms with van der Waals surface area (Å²) in [6, 6.07) is 2.56. The molecular weight excluding hydrogens is 188 g/mol. The first-order valence-electron chi connectivity index (χ1n) is 5.58. The Morgan fingerprint density at radius 3 is 2.73 bits per heavy atom. The standard InChI is InChI=1S/C11H18N4/c1-3-6-15(9-4-5-9)11-7-10(12)13-8(2)14-11/h7,9H,3-6H2,1-2H3,(H2,12,13,14). The molecule has 1 aromatic rings. The number of anilines is 2. The average Bonchev–Trinajstić information content (AvgIpc) is 2.95. The SMILES string of the molecule is CCCN(c1cc(N)nc(C)n1)C1CC1. The Kier molecular flexibility index (Phi) is 2.75. The van der Waals surface area contributed by atoms with E-state index in [-0.39, 0.29) is 0 Å². The van der Waals surface area contributed by atoms with E-state index in [0.717, 1.165) is 24.6 Å². The summed E-state index contributed by atoms with van der Waals surface area (Å²) in [5, 5.41) is 0. The van der Waals surface area contributed by atoms with E-state index in [2.05, 4.69) is 21.8 Å². The topological polar surface area (TPSA) is 55.0 Å². The molecule has 15 heavy (non-hydrogen) atoms. The molecule has 1 fully saturated rings. The van der Waals surface area contributed by atoms with Gasteiger partial charge in [-0.05, 0) is 26.2 Å². The third-order valence-electron chi connectivity index (χ3n) is 2.59. The maximum Gasteiger partial charge on any atom is 0.134 e. The van der Waals surface area contributed by atoms with Gasteiger partial charge in [0.2, 0.25) is 0 Å². The van der Waals surface area contributed by atoms with Crippen molar-refractivity contribution in [2.24, 2.45) is 0 Å². The average molecular weight is 206 g/mol. The summed E-state index contributed by atoms with van der Waals surface area (Å²) in [6.07, 6.45) is 3.70. The first kappa shape index (κ1) is 10.2. The molecule has 1 aliphatic rings. The van der Waals surface area contributed by atoms with Crippen molar-refractivity contribution >= 4 is 11.6 Å². The Morgan fingerprint density at radius 1 is 1.47 bits per heavy atom. The maximum absolute atomic E-state index is 5.74. The van der Waals surface area contributed by atoms with Crippen LogP contribution in [0.5, 0.6) is 0 Å². The van der Waals surface area contributed by atoms with Crippen molar-refractivity contribution in [1.29, 1.82) is 0 Å². The minimum atomic E-state index is 0.569. The minimum absolute atomic E-state index is 0.569. The molecule has 1 aromatic heterocycles. The van der Waals surface area contributed by atoms with Crippen LogP contribution in [0, 0.1) is 6.92 Å². The number of hydrogen-bond donors (Lipinski definition) is 1. The zero-order valence-corrected chi connectivity index (χ0v) is 9.40. The molecule has 0 spiro atoms. The maximum atomic E-state index is 5.74. The second-order valence-corrected chi connectivity index (χ2v) is 4.12. The van der Waals surface area contributed by atoms with Crippen LogP contribution in [0.4, 0.5) is 11.6 Å². The molecule has 4 nitrogen and oxygen atoms in total. The van der Waals surface area contributed by atoms with Crippen LogP contribution in [0.25, 0.3) is 0 Å². The van der Waals surface area contributed by atoms with Gasteiger partial charge in [0, 0.05) is 18.7 Å². The van der Waals surface area contributed by atoms with Gasteiger partial charge in [-0.3, -0.25) is 0 Å². The van der Waals surface area contributed by atoms with E-state index < -0.39 is 0 Å². The number of aromatic nitrogens is 2. The number of hydrogen-bond acceptors (Lipinski definition) is 4. The van der Waals surface area contributed by atoms with E-state index in [1.54, 1.807) is 0 Å². The van der Waals surface area contributed by atoms with E-state index >= 15 is 0 Å². The molecule has 2 rings (SSSR count). The Bertz CT molecular complexity index is 326. The fraction of sp³-hybridized carbons (Fsp3) is 0.636. The van der Waals surface area contributed by atoms with Gasteiger partial charge in [0.25, 0.3) is 0 Å². The van der Waals surface area contributed by atoms with Gasteiger partial charge in [-0.1, -0.05) is 6.92 Å². The minimum Gasteiger partial charge on any atom is -0.384 e. The lowest BCUT2D eigenvalue weighted by atomic mass is 10.3. The fourth-order valence-corrected chi connectivity index (χ4v) is 1.83. The summed E-state index contributed by atoms with van der Waals surface area (Å²) in [6.45, 7) is 5.13. The van der Waals surface area contributed by atoms with Crippen molar-refractivity contribution in [3.8, 4) is 0 Å². The summed E-state index contributed by atoms with van der Waals surface area (Å²) in [5.41, 5.74) is 5.74. The van der Waals surface area contributed by atoms with Crippen molar-refractivity contribution in [2.75, 3.05) is 17.2 Å². The van der Waals surface area contributed by atoms with Crippen LogP contribution in [0.1, 0.15) is 32.0 Å². The summed E-state index contributed by atoms with van der Waals surface area (Å²) >= 11 is 0. The third-order valence-corrected chi connectivity index (χ3v) is 2.59. The van der Waals surface area contributed by atoms with Crippen molar-refractivity contribution in [3.05, 3.63) is 11.9 Å². The zero-order chi connectivity index (χ0) is 10.8. The molecule has 0 atom stereocenters. The Hall–Kier alpha value is -1.32. The lowest BCUT2D eigenvalue weighted by molar-refractivity contribution is 0.746. The summed E-state index contributed by atoms with van der Waals surface area (Å²) < 4.78 is 0. The molecule has 1 saturated carbocycles. The van der Waals surface area contributed by atoms with E-state index in [4.69, 9.17) is 5.73 Å². The second kappa shape index (κ2) is 4.04. The van der Waals surface area contributed by atoms with Gasteiger partial charge in [-0.25, -0.2) is 9.97 Å². The van der Waals surface area contributed by atoms with Gasteiger partial charge in [-0.2, -0.15) is 0 Å². The zero-order valence-electron chi connectivity index (χ0n) is 9.40. The van der Waals surface area contributed by atoms with Gasteiger partial charge in [0.1, 0.15) is 17.5 Å². The van der Waals surface area contributed by atoms with Gasteiger partial charge < -0.3 is 10.6 Å². The van der Waals surface area contributed by atoms with Crippen molar-refractivity contribution in [2.45, 2.75) is 39.2 Å². The molecule has 0 aliphatic heterocycles. The molecule has 1 heterocycles. The van der Waals surface area contributed by atoms with Crippen LogP contribution in [0.2, 0.25) is 0 Å². The van der Waals surface area contributed by atoms with Crippen LogP contribution in [-0.2, 0) is 0 Å². The second-order valence-electron chi connectivity index (χ2n) is 4.12. The number of rotatable bonds is 4. The monoisotopic (exact) mass is 206 g/mol. The number of nitrogens with zero attached hydrogens (tertiary/aromatic N) is 3. The molecule has 0 saturated heterocycles. The summed E-state index contributed by atoms with van der Waals surface area (Å²) in [5.74, 6) is 2.32. The molecule has 0 unspecified atom stereocenters. The molecule has 0 amide bonds. The first-order valence-corrected chi connectivity index (χ1v) is 5.58. The molecule has 2 N–H and O–H groups in total. The molecule has 1 aliphatic carbocycles. The van der Waals surface area contributed by atoms with E-state index in [9.17, 15) is 0 Å². The lowest BCUT2D eigenvalue weighted by Gasteiger charge is -2.23. The fourth-order valence-electron chi connectivity index (χ4n) is 1.83. The number of aryl methyl sites for hydroxylation is 1. The number of nitrogens with two attached hydrogens (primary N) is 1. The first-order chi connectivity index (χ1) is 7.20. The highest BCUT2D eigenvalue weighted by atomic mass is 15.2. The predicted octanol–water partition coefficient (Wildman–Crippen LogP) is 1.75. The summed E-state index contributed by atoms with van der Waals surface area (Å²) in [4.78, 5) is 10.9. The lowest BCUT2D eigenvalue weighted by Crippen LogP contribution is -2.27. The molecule has 0 aromatic carbocycles. The van der Waals surface area contributed by atoms with Gasteiger partial charge in [0.05, 0.1) is 0 Å². The smallest absolute Gasteiger partial charge is 0.134 e. The van der Waals surface area contributed by atoms with E-state index in [1.165, 1.54) is 12.8 Å². The van der Waals surface area contributed by atoms with Gasteiger partial charge in [0.15, 0.2) is 0 Å². The highest BCUT2D eigenvalue weighted by molar-refractivity contribution is 5.48. The van der Waals surface area contributed by atoms with Crippen LogP contribution in [0.3, 0.4) is 0 Å². The normalized spacial score (nSPS) is 15.3. The highest BCUT2D eigenvalue weighted by Crippen LogP contribution is 2.31. The van der Waals surface area contributed by atoms with Gasteiger partial charge in [-0.15, -0.1) is 0 Å². The molecular formula is C11H18N4.